The first-order valence-corrected chi connectivity index (χ1v) is 6.15. The fourth-order valence-corrected chi connectivity index (χ4v) is 1.94. The maximum Gasteiger partial charge on any atom is 0.328 e. The van der Waals surface area contributed by atoms with Crippen LogP contribution in [-0.4, -0.2) is 33.7 Å². The Kier molecular flexibility index (Phi) is 3.69. The number of aromatic nitrogens is 3. The third kappa shape index (κ3) is 2.52. The molecule has 1 atom stereocenters. The number of hydrogen-bond acceptors (Lipinski definition) is 5. The molecule has 2 heterocycles. The summed E-state index contributed by atoms with van der Waals surface area (Å²) in [7, 11) is 3.30. The van der Waals surface area contributed by atoms with Gasteiger partial charge in [0.15, 0.2) is 5.82 Å². The molecule has 2 aromatic rings. The lowest BCUT2D eigenvalue weighted by atomic mass is 10.0. The van der Waals surface area contributed by atoms with Crippen LogP contribution in [-0.2, 0) is 16.6 Å². The molecule has 2 aromatic heterocycles. The number of methoxy groups -OCH3 is 1. The van der Waals surface area contributed by atoms with E-state index in [2.05, 4.69) is 15.3 Å². The summed E-state index contributed by atoms with van der Waals surface area (Å²) in [5, 5.41) is 3.12. The lowest BCUT2D eigenvalue weighted by molar-refractivity contribution is -0.142. The summed E-state index contributed by atoms with van der Waals surface area (Å²) < 4.78 is 6.72. The van der Waals surface area contributed by atoms with E-state index < -0.39 is 6.04 Å². The molecule has 0 spiro atoms. The van der Waals surface area contributed by atoms with Crippen molar-refractivity contribution in [1.29, 1.82) is 0 Å². The molecule has 19 heavy (non-hydrogen) atoms. The third-order valence-corrected chi connectivity index (χ3v) is 3.06. The number of ether oxygens (including phenoxy) is 1. The molecule has 0 saturated heterocycles. The van der Waals surface area contributed by atoms with E-state index in [1.807, 2.05) is 31.5 Å². The van der Waals surface area contributed by atoms with Gasteiger partial charge in [-0.1, -0.05) is 13.8 Å². The van der Waals surface area contributed by atoms with Crippen molar-refractivity contribution in [2.45, 2.75) is 19.9 Å². The molecule has 0 aliphatic rings. The zero-order valence-corrected chi connectivity index (χ0v) is 11.5. The van der Waals surface area contributed by atoms with Crippen molar-refractivity contribution >= 4 is 22.8 Å². The van der Waals surface area contributed by atoms with E-state index in [0.29, 0.717) is 5.82 Å². The quantitative estimate of drug-likeness (QED) is 0.847. The highest BCUT2D eigenvalue weighted by Gasteiger charge is 2.24. The molecule has 6 heteroatoms. The molecular weight excluding hydrogens is 244 g/mol. The first kappa shape index (κ1) is 13.3. The predicted octanol–water partition coefficient (Wildman–Crippen LogP) is 1.58. The van der Waals surface area contributed by atoms with Gasteiger partial charge in [-0.3, -0.25) is 0 Å². The third-order valence-electron chi connectivity index (χ3n) is 3.06. The van der Waals surface area contributed by atoms with Gasteiger partial charge >= 0.3 is 5.97 Å². The van der Waals surface area contributed by atoms with Crippen molar-refractivity contribution in [2.24, 2.45) is 13.0 Å². The Morgan fingerprint density at radius 2 is 2.16 bits per heavy atom. The largest absolute Gasteiger partial charge is 0.467 e. The van der Waals surface area contributed by atoms with Crippen molar-refractivity contribution < 1.29 is 9.53 Å². The fourth-order valence-electron chi connectivity index (χ4n) is 1.94. The minimum atomic E-state index is -0.440. The zero-order valence-electron chi connectivity index (χ0n) is 11.5. The van der Waals surface area contributed by atoms with E-state index in [0.717, 1.165) is 11.0 Å². The number of anilines is 1. The lowest BCUT2D eigenvalue weighted by Crippen LogP contribution is -2.35. The lowest BCUT2D eigenvalue weighted by Gasteiger charge is -2.20. The van der Waals surface area contributed by atoms with Crippen LogP contribution in [0.5, 0.6) is 0 Å². The average Bonchev–Trinajstić information content (AvgIpc) is 2.77. The monoisotopic (exact) mass is 262 g/mol. The number of nitrogens with one attached hydrogen (secondary N) is 1. The number of esters is 1. The first-order chi connectivity index (χ1) is 9.04. The molecule has 0 amide bonds. The van der Waals surface area contributed by atoms with Crippen LogP contribution < -0.4 is 5.32 Å². The number of aryl methyl sites for hydroxylation is 1. The van der Waals surface area contributed by atoms with E-state index in [4.69, 9.17) is 4.74 Å². The topological polar surface area (TPSA) is 69.0 Å². The Morgan fingerprint density at radius 3 is 2.79 bits per heavy atom. The van der Waals surface area contributed by atoms with Crippen LogP contribution in [0.25, 0.3) is 11.0 Å². The summed E-state index contributed by atoms with van der Waals surface area (Å²) in [6, 6.07) is 1.45. The molecular formula is C13H18N4O2. The van der Waals surface area contributed by atoms with E-state index in [9.17, 15) is 4.79 Å². The zero-order chi connectivity index (χ0) is 14.0. The molecule has 6 nitrogen and oxygen atoms in total. The van der Waals surface area contributed by atoms with Crippen LogP contribution >= 0.6 is 0 Å². The highest BCUT2D eigenvalue weighted by atomic mass is 16.5. The van der Waals surface area contributed by atoms with Gasteiger partial charge in [-0.25, -0.2) is 14.8 Å². The molecule has 0 aliphatic carbocycles. The number of rotatable bonds is 4. The van der Waals surface area contributed by atoms with Gasteiger partial charge in [-0.15, -0.1) is 0 Å². The normalized spacial score (nSPS) is 12.7. The summed E-state index contributed by atoms with van der Waals surface area (Å²) in [5.74, 6) is 0.389. The van der Waals surface area contributed by atoms with E-state index >= 15 is 0 Å². The van der Waals surface area contributed by atoms with Crippen LogP contribution in [0.4, 0.5) is 5.82 Å². The van der Waals surface area contributed by atoms with Crippen molar-refractivity contribution in [3.8, 4) is 0 Å². The second-order valence-corrected chi connectivity index (χ2v) is 4.77. The fraction of sp³-hybridized carbons (Fsp3) is 0.462. The molecule has 0 aromatic carbocycles. The summed E-state index contributed by atoms with van der Waals surface area (Å²) in [5.41, 5.74) is 1.71. The van der Waals surface area contributed by atoms with Gasteiger partial charge in [0.2, 0.25) is 0 Å². The molecule has 0 aliphatic heterocycles. The first-order valence-electron chi connectivity index (χ1n) is 6.15. The minimum absolute atomic E-state index is 0.0909. The molecule has 2 rings (SSSR count). The Bertz CT molecular complexity index is 591. The van der Waals surface area contributed by atoms with Crippen LogP contribution in [0.15, 0.2) is 18.6 Å². The van der Waals surface area contributed by atoms with Gasteiger partial charge in [-0.05, 0) is 12.0 Å². The summed E-state index contributed by atoms with van der Waals surface area (Å²) in [6.45, 7) is 3.90. The van der Waals surface area contributed by atoms with Gasteiger partial charge in [-0.2, -0.15) is 0 Å². The second kappa shape index (κ2) is 5.26. The number of nitrogens with zero attached hydrogens (tertiary/aromatic N) is 3. The molecule has 102 valence electrons. The van der Waals surface area contributed by atoms with E-state index in [1.165, 1.54) is 7.11 Å². The van der Waals surface area contributed by atoms with E-state index in [1.54, 1.807) is 12.5 Å². The smallest absolute Gasteiger partial charge is 0.328 e. The van der Waals surface area contributed by atoms with Gasteiger partial charge in [0, 0.05) is 13.2 Å². The van der Waals surface area contributed by atoms with Crippen LogP contribution in [0, 0.1) is 5.92 Å². The number of fused-ring (bicyclic) bond motifs is 1. The highest BCUT2D eigenvalue weighted by molar-refractivity contribution is 5.88. The predicted molar refractivity (Wildman–Crippen MR) is 72.8 cm³/mol. The van der Waals surface area contributed by atoms with E-state index in [-0.39, 0.29) is 11.9 Å². The van der Waals surface area contributed by atoms with Crippen LogP contribution in [0.3, 0.4) is 0 Å². The van der Waals surface area contributed by atoms with Gasteiger partial charge < -0.3 is 14.6 Å². The Labute approximate surface area is 111 Å². The summed E-state index contributed by atoms with van der Waals surface area (Å²) in [4.78, 5) is 20.3. The number of pyridine rings is 1. The molecule has 1 N–H and O–H groups in total. The molecule has 1 unspecified atom stereocenters. The van der Waals surface area contributed by atoms with Crippen molar-refractivity contribution in [3.63, 3.8) is 0 Å². The Morgan fingerprint density at radius 1 is 1.42 bits per heavy atom. The number of hydrogen-bond donors (Lipinski definition) is 1. The Balaban J connectivity index is 2.36. The summed E-state index contributed by atoms with van der Waals surface area (Å²) in [6.07, 6.45) is 3.42. The number of carbonyl (C=O) groups is 1. The Hall–Kier alpha value is -2.11. The maximum absolute atomic E-state index is 11.8. The van der Waals surface area contributed by atoms with Crippen LogP contribution in [0.2, 0.25) is 0 Å². The number of carbonyl (C=O) groups excluding carboxylic acids is 1. The van der Waals surface area contributed by atoms with Crippen molar-refractivity contribution in [1.82, 2.24) is 14.5 Å². The standard InChI is InChI=1S/C13H18N4O2/c1-8(2)10(13(18)19-4)16-12-11-9(5-6-14-12)17(3)7-15-11/h5-8,10H,1-4H3,(H,14,16). The van der Waals surface area contributed by atoms with Crippen LogP contribution in [0.1, 0.15) is 13.8 Å². The second-order valence-electron chi connectivity index (χ2n) is 4.77. The highest BCUT2D eigenvalue weighted by Crippen LogP contribution is 2.21. The maximum atomic E-state index is 11.8. The van der Waals surface area contributed by atoms with Crippen molar-refractivity contribution in [3.05, 3.63) is 18.6 Å². The van der Waals surface area contributed by atoms with Gasteiger partial charge in [0.05, 0.1) is 19.0 Å². The summed E-state index contributed by atoms with van der Waals surface area (Å²) >= 11 is 0. The molecule has 0 bridgehead atoms. The minimum Gasteiger partial charge on any atom is -0.467 e. The SMILES string of the molecule is COC(=O)C(Nc1nccc2c1ncn2C)C(C)C. The number of imidazole rings is 1. The van der Waals surface area contributed by atoms with Gasteiger partial charge in [0.25, 0.3) is 0 Å². The van der Waals surface area contributed by atoms with Crippen molar-refractivity contribution in [2.75, 3.05) is 12.4 Å². The molecule has 0 fully saturated rings. The average molecular weight is 262 g/mol. The molecule has 0 saturated carbocycles. The van der Waals surface area contributed by atoms with Gasteiger partial charge in [0.1, 0.15) is 11.6 Å². The molecule has 0 radical (unpaired) electrons.